The third-order valence-corrected chi connectivity index (χ3v) is 7.08. The Labute approximate surface area is 141 Å². The van der Waals surface area contributed by atoms with E-state index in [0.29, 0.717) is 23.4 Å². The van der Waals surface area contributed by atoms with Gasteiger partial charge < -0.3 is 5.11 Å². The largest absolute Gasteiger partial charge is 0.388 e. The third-order valence-electron chi connectivity index (χ3n) is 5.15. The van der Waals surface area contributed by atoms with Crippen molar-refractivity contribution in [2.45, 2.75) is 32.8 Å². The molecule has 1 aliphatic heterocycles. The van der Waals surface area contributed by atoms with Crippen LogP contribution in [0.1, 0.15) is 38.4 Å². The number of aromatic nitrogens is 2. The molecule has 1 atom stereocenters. The van der Waals surface area contributed by atoms with Gasteiger partial charge in [-0.05, 0) is 36.3 Å². The van der Waals surface area contributed by atoms with Crippen LogP contribution in [0.3, 0.4) is 0 Å². The Morgan fingerprint density at radius 2 is 2.00 bits per heavy atom. The number of fused-ring (bicyclic) bond motifs is 1. The zero-order valence-corrected chi connectivity index (χ0v) is 14.8. The zero-order valence-electron chi connectivity index (χ0n) is 13.2. The third kappa shape index (κ3) is 3.12. The Balaban J connectivity index is 1.94. The number of aliphatic hydroxyl groups excluding tert-OH is 1. The maximum atomic E-state index is 11.7. The van der Waals surface area contributed by atoms with Gasteiger partial charge in [0.1, 0.15) is 9.84 Å². The molecule has 3 rings (SSSR count). The van der Waals surface area contributed by atoms with E-state index in [4.69, 9.17) is 11.6 Å². The van der Waals surface area contributed by atoms with Gasteiger partial charge in [-0.25, -0.2) is 8.42 Å². The summed E-state index contributed by atoms with van der Waals surface area (Å²) in [5.74, 6) is 0.532. The van der Waals surface area contributed by atoms with Crippen molar-refractivity contribution in [1.82, 2.24) is 10.2 Å². The van der Waals surface area contributed by atoms with E-state index in [0.717, 1.165) is 10.9 Å². The molecule has 0 bridgehead atoms. The van der Waals surface area contributed by atoms with Crippen LogP contribution < -0.4 is 0 Å². The van der Waals surface area contributed by atoms with Crippen LogP contribution in [0.2, 0.25) is 5.02 Å². The van der Waals surface area contributed by atoms with E-state index in [1.165, 1.54) is 0 Å². The quantitative estimate of drug-likeness (QED) is 0.885. The summed E-state index contributed by atoms with van der Waals surface area (Å²) < 4.78 is 23.3. The molecule has 1 unspecified atom stereocenters. The van der Waals surface area contributed by atoms with Gasteiger partial charge in [0.25, 0.3) is 0 Å². The average Bonchev–Trinajstić information content (AvgIpc) is 2.93. The van der Waals surface area contributed by atoms with Crippen molar-refractivity contribution in [3.63, 3.8) is 0 Å². The number of sulfone groups is 1. The van der Waals surface area contributed by atoms with E-state index in [1.807, 2.05) is 13.8 Å². The Bertz CT molecular complexity index is 815. The first-order valence-electron chi connectivity index (χ1n) is 7.72. The van der Waals surface area contributed by atoms with E-state index in [2.05, 4.69) is 10.2 Å². The first-order chi connectivity index (χ1) is 10.7. The minimum absolute atomic E-state index is 0.137. The second kappa shape index (κ2) is 5.76. The Morgan fingerprint density at radius 3 is 2.65 bits per heavy atom. The van der Waals surface area contributed by atoms with Crippen molar-refractivity contribution >= 4 is 32.3 Å². The lowest BCUT2D eigenvalue weighted by Gasteiger charge is -2.40. The van der Waals surface area contributed by atoms with Crippen LogP contribution in [0.25, 0.3) is 10.9 Å². The van der Waals surface area contributed by atoms with Crippen molar-refractivity contribution in [2.75, 3.05) is 11.5 Å². The molecule has 1 aliphatic rings. The van der Waals surface area contributed by atoms with Gasteiger partial charge in [0.05, 0.1) is 29.3 Å². The molecule has 2 N–H and O–H groups in total. The molecule has 0 amide bonds. The maximum absolute atomic E-state index is 11.7. The monoisotopic (exact) mass is 356 g/mol. The normalized spacial score (nSPS) is 20.7. The summed E-state index contributed by atoms with van der Waals surface area (Å²) in [5, 5.41) is 19.4. The molecule has 0 aliphatic carbocycles. The maximum Gasteiger partial charge on any atom is 0.150 e. The molecule has 1 aromatic heterocycles. The molecule has 0 saturated carbocycles. The summed E-state index contributed by atoms with van der Waals surface area (Å²) in [6.45, 7) is 3.98. The fraction of sp³-hybridized carbons (Fsp3) is 0.562. The van der Waals surface area contributed by atoms with E-state index in [9.17, 15) is 13.5 Å². The molecule has 23 heavy (non-hydrogen) atoms. The summed E-state index contributed by atoms with van der Waals surface area (Å²) in [4.78, 5) is 0. The van der Waals surface area contributed by atoms with Gasteiger partial charge in [-0.2, -0.15) is 5.10 Å². The lowest BCUT2D eigenvalue weighted by molar-refractivity contribution is 0.00152. The van der Waals surface area contributed by atoms with Gasteiger partial charge in [0.15, 0.2) is 0 Å². The number of rotatable bonds is 3. The SMILES string of the molecule is CC(C)(C1CCS(=O)(=O)CC1)C(O)c1cc(Cl)cc2cn[nH]c12. The number of aliphatic hydroxyl groups is 1. The van der Waals surface area contributed by atoms with Crippen molar-refractivity contribution in [3.05, 3.63) is 28.9 Å². The van der Waals surface area contributed by atoms with Gasteiger partial charge in [-0.3, -0.25) is 5.10 Å². The Hall–Kier alpha value is -1.11. The number of nitrogens with zero attached hydrogens (tertiary/aromatic N) is 1. The van der Waals surface area contributed by atoms with Crippen LogP contribution in [0.15, 0.2) is 18.3 Å². The summed E-state index contributed by atoms with van der Waals surface area (Å²) in [6, 6.07) is 3.56. The Kier molecular flexibility index (Phi) is 4.19. The molecule has 2 heterocycles. The molecular formula is C16H21ClN2O3S. The van der Waals surface area contributed by atoms with Crippen molar-refractivity contribution < 1.29 is 13.5 Å². The molecule has 0 spiro atoms. The molecule has 5 nitrogen and oxygen atoms in total. The predicted octanol–water partition coefficient (Wildman–Crippen LogP) is 3.10. The van der Waals surface area contributed by atoms with E-state index in [-0.39, 0.29) is 17.4 Å². The predicted molar refractivity (Wildman–Crippen MR) is 91.2 cm³/mol. The van der Waals surface area contributed by atoms with Crippen LogP contribution in [-0.2, 0) is 9.84 Å². The number of benzene rings is 1. The van der Waals surface area contributed by atoms with Crippen LogP contribution in [0.5, 0.6) is 0 Å². The molecule has 7 heteroatoms. The van der Waals surface area contributed by atoms with Crippen molar-refractivity contribution in [3.8, 4) is 0 Å². The minimum Gasteiger partial charge on any atom is -0.388 e. The molecule has 1 fully saturated rings. The van der Waals surface area contributed by atoms with E-state index < -0.39 is 21.4 Å². The standard InChI is InChI=1S/C16H21ClN2O3S/c1-16(2,11-3-5-23(21,22)6-4-11)15(20)13-8-12(17)7-10-9-18-19-14(10)13/h7-9,11,15,20H,3-6H2,1-2H3,(H,18,19). The van der Waals surface area contributed by atoms with Gasteiger partial charge in [0, 0.05) is 16.0 Å². The van der Waals surface area contributed by atoms with Crippen LogP contribution >= 0.6 is 11.6 Å². The number of aromatic amines is 1. The summed E-state index contributed by atoms with van der Waals surface area (Å²) >= 11 is 6.17. The van der Waals surface area contributed by atoms with E-state index in [1.54, 1.807) is 18.3 Å². The number of halogens is 1. The second-order valence-electron chi connectivity index (χ2n) is 6.98. The average molecular weight is 357 g/mol. The highest BCUT2D eigenvalue weighted by Crippen LogP contribution is 2.46. The van der Waals surface area contributed by atoms with Gasteiger partial charge in [-0.1, -0.05) is 25.4 Å². The number of H-pyrrole nitrogens is 1. The van der Waals surface area contributed by atoms with Crippen molar-refractivity contribution in [2.24, 2.45) is 11.3 Å². The second-order valence-corrected chi connectivity index (χ2v) is 9.72. The first-order valence-corrected chi connectivity index (χ1v) is 9.91. The van der Waals surface area contributed by atoms with Crippen LogP contribution in [0, 0.1) is 11.3 Å². The van der Waals surface area contributed by atoms with Crippen LogP contribution in [-0.4, -0.2) is 35.2 Å². The lowest BCUT2D eigenvalue weighted by atomic mass is 9.69. The number of hydrogen-bond donors (Lipinski definition) is 2. The fourth-order valence-electron chi connectivity index (χ4n) is 3.52. The summed E-state index contributed by atoms with van der Waals surface area (Å²) in [5.41, 5.74) is 1.03. The fourth-order valence-corrected chi connectivity index (χ4v) is 5.25. The Morgan fingerprint density at radius 1 is 1.35 bits per heavy atom. The molecule has 0 radical (unpaired) electrons. The summed E-state index contributed by atoms with van der Waals surface area (Å²) in [7, 11) is -2.92. The molecule has 126 valence electrons. The highest BCUT2D eigenvalue weighted by atomic mass is 35.5. The zero-order chi connectivity index (χ0) is 16.8. The van der Waals surface area contributed by atoms with E-state index >= 15 is 0 Å². The van der Waals surface area contributed by atoms with Crippen LogP contribution in [0.4, 0.5) is 0 Å². The number of hydrogen-bond acceptors (Lipinski definition) is 4. The minimum atomic E-state index is -2.92. The molecule has 1 saturated heterocycles. The highest BCUT2D eigenvalue weighted by molar-refractivity contribution is 7.91. The highest BCUT2D eigenvalue weighted by Gasteiger charge is 2.40. The molecule has 2 aromatic rings. The van der Waals surface area contributed by atoms with Crippen molar-refractivity contribution in [1.29, 1.82) is 0 Å². The number of nitrogens with one attached hydrogen (secondary N) is 1. The lowest BCUT2D eigenvalue weighted by Crippen LogP contribution is -2.37. The van der Waals surface area contributed by atoms with Gasteiger partial charge in [-0.15, -0.1) is 0 Å². The van der Waals surface area contributed by atoms with Gasteiger partial charge >= 0.3 is 0 Å². The molecular weight excluding hydrogens is 336 g/mol. The smallest absolute Gasteiger partial charge is 0.150 e. The first kappa shape index (κ1) is 16.7. The topological polar surface area (TPSA) is 83.1 Å². The van der Waals surface area contributed by atoms with Gasteiger partial charge in [0.2, 0.25) is 0 Å². The molecule has 1 aromatic carbocycles. The summed E-state index contributed by atoms with van der Waals surface area (Å²) in [6.07, 6.45) is 2.09.